The molecule has 2 aromatic rings. The zero-order chi connectivity index (χ0) is 23.7. The Hall–Kier alpha value is -2.04. The van der Waals surface area contributed by atoms with Crippen LogP contribution >= 0.6 is 11.6 Å². The molecule has 11 heteroatoms. The van der Waals surface area contributed by atoms with E-state index >= 15 is 0 Å². The van der Waals surface area contributed by atoms with E-state index in [2.05, 4.69) is 23.8 Å². The van der Waals surface area contributed by atoms with Crippen LogP contribution in [0.2, 0.25) is 5.02 Å². The van der Waals surface area contributed by atoms with Gasteiger partial charge in [0, 0.05) is 12.6 Å². The smallest absolute Gasteiger partial charge is 0.274 e. The molecular formula is C21H26ClN3O5S2. The molecule has 1 aliphatic rings. The Morgan fingerprint density at radius 1 is 1.25 bits per heavy atom. The molecule has 32 heavy (non-hydrogen) atoms. The van der Waals surface area contributed by atoms with Gasteiger partial charge in [0.05, 0.1) is 28.5 Å². The highest BCUT2D eigenvalue weighted by molar-refractivity contribution is 7.91. The molecule has 1 saturated heterocycles. The summed E-state index contributed by atoms with van der Waals surface area (Å²) in [6.07, 6.45) is 1.38. The number of carbonyl (C=O) groups is 1. The maximum Gasteiger partial charge on any atom is 0.274 e. The molecule has 0 bridgehead atoms. The molecule has 0 radical (unpaired) electrons. The largest absolute Gasteiger partial charge is 0.329 e. The minimum absolute atomic E-state index is 0.0132. The van der Waals surface area contributed by atoms with E-state index in [0.717, 1.165) is 17.3 Å². The van der Waals surface area contributed by atoms with Gasteiger partial charge >= 0.3 is 0 Å². The Morgan fingerprint density at radius 2 is 1.91 bits per heavy atom. The van der Waals surface area contributed by atoms with Gasteiger partial charge in [0.1, 0.15) is 0 Å². The number of amides is 1. The van der Waals surface area contributed by atoms with Crippen molar-refractivity contribution in [2.75, 3.05) is 17.3 Å². The van der Waals surface area contributed by atoms with Crippen LogP contribution in [-0.2, 0) is 26.2 Å². The fraction of sp³-hybridized carbons (Fsp3) is 0.476. The summed E-state index contributed by atoms with van der Waals surface area (Å²) in [4.78, 5) is 22.6. The number of nitrogens with zero attached hydrogens (tertiary/aromatic N) is 3. The first-order chi connectivity index (χ1) is 14.9. The van der Waals surface area contributed by atoms with Crippen molar-refractivity contribution in [3.05, 3.63) is 52.3 Å². The van der Waals surface area contributed by atoms with E-state index in [9.17, 15) is 21.6 Å². The van der Waals surface area contributed by atoms with Crippen LogP contribution in [0.5, 0.6) is 0 Å². The summed E-state index contributed by atoms with van der Waals surface area (Å²) < 4.78 is 48.6. The van der Waals surface area contributed by atoms with Gasteiger partial charge in [0.25, 0.3) is 5.91 Å². The molecular weight excluding hydrogens is 474 g/mol. The summed E-state index contributed by atoms with van der Waals surface area (Å²) in [6, 6.07) is 7.17. The summed E-state index contributed by atoms with van der Waals surface area (Å²) in [6.45, 7) is 5.75. The number of aromatic nitrogens is 2. The van der Waals surface area contributed by atoms with Gasteiger partial charge in [0.2, 0.25) is 15.0 Å². The zero-order valence-corrected chi connectivity index (χ0v) is 20.5. The van der Waals surface area contributed by atoms with E-state index in [4.69, 9.17) is 11.6 Å². The van der Waals surface area contributed by atoms with Crippen molar-refractivity contribution in [2.24, 2.45) is 0 Å². The molecule has 1 fully saturated rings. The predicted octanol–water partition coefficient (Wildman–Crippen LogP) is 2.88. The van der Waals surface area contributed by atoms with E-state index in [-0.39, 0.29) is 34.5 Å². The van der Waals surface area contributed by atoms with Crippen molar-refractivity contribution in [3.8, 4) is 0 Å². The van der Waals surface area contributed by atoms with Crippen LogP contribution in [0, 0.1) is 0 Å². The number of hydrogen-bond donors (Lipinski definition) is 0. The monoisotopic (exact) mass is 499 g/mol. The summed E-state index contributed by atoms with van der Waals surface area (Å²) in [5, 5.41) is -0.570. The number of hydrogen-bond acceptors (Lipinski definition) is 7. The second-order valence-electron chi connectivity index (χ2n) is 8.14. The molecule has 1 aliphatic heterocycles. The zero-order valence-electron chi connectivity index (χ0n) is 18.2. The first-order valence-electron chi connectivity index (χ1n) is 10.3. The third-order valence-corrected chi connectivity index (χ3v) is 9.03. The second-order valence-corrected chi connectivity index (χ2v) is 12.9. The van der Waals surface area contributed by atoms with E-state index in [1.54, 1.807) is 0 Å². The Bertz CT molecular complexity index is 1210. The third kappa shape index (κ3) is 5.47. The Balaban J connectivity index is 2.00. The van der Waals surface area contributed by atoms with Crippen molar-refractivity contribution in [1.29, 1.82) is 0 Å². The fourth-order valence-corrected chi connectivity index (χ4v) is 6.11. The van der Waals surface area contributed by atoms with Crippen molar-refractivity contribution >= 4 is 37.2 Å². The lowest BCUT2D eigenvalue weighted by atomic mass is 10.0. The Kier molecular flexibility index (Phi) is 7.26. The van der Waals surface area contributed by atoms with Crippen LogP contribution in [0.25, 0.3) is 0 Å². The van der Waals surface area contributed by atoms with Crippen molar-refractivity contribution in [2.45, 2.75) is 50.9 Å². The number of sulfone groups is 2. The van der Waals surface area contributed by atoms with E-state index in [1.165, 1.54) is 11.8 Å². The maximum absolute atomic E-state index is 13.5. The summed E-state index contributed by atoms with van der Waals surface area (Å²) >= 11 is 6.16. The molecule has 1 atom stereocenters. The van der Waals surface area contributed by atoms with Crippen LogP contribution in [-0.4, -0.2) is 60.9 Å². The molecule has 1 aromatic carbocycles. The van der Waals surface area contributed by atoms with E-state index in [1.807, 2.05) is 24.3 Å². The lowest BCUT2D eigenvalue weighted by Crippen LogP contribution is -2.41. The van der Waals surface area contributed by atoms with Crippen LogP contribution in [0.1, 0.15) is 54.7 Å². The van der Waals surface area contributed by atoms with Gasteiger partial charge in [-0.25, -0.2) is 26.8 Å². The number of halogens is 1. The van der Waals surface area contributed by atoms with Crippen LogP contribution < -0.4 is 0 Å². The average Bonchev–Trinajstić information content (AvgIpc) is 3.11. The molecule has 1 aromatic heterocycles. The second kappa shape index (κ2) is 9.44. The van der Waals surface area contributed by atoms with Gasteiger partial charge < -0.3 is 4.90 Å². The molecule has 0 unspecified atom stereocenters. The van der Waals surface area contributed by atoms with Crippen molar-refractivity contribution < 1.29 is 21.6 Å². The summed E-state index contributed by atoms with van der Waals surface area (Å²) in [7, 11) is -7.02. The summed E-state index contributed by atoms with van der Waals surface area (Å²) in [5.74, 6) is -0.679. The van der Waals surface area contributed by atoms with Crippen molar-refractivity contribution in [3.63, 3.8) is 0 Å². The molecule has 0 spiro atoms. The Morgan fingerprint density at radius 3 is 2.44 bits per heavy atom. The van der Waals surface area contributed by atoms with Gasteiger partial charge in [-0.2, -0.15) is 0 Å². The van der Waals surface area contributed by atoms with Gasteiger partial charge in [-0.3, -0.25) is 4.79 Å². The summed E-state index contributed by atoms with van der Waals surface area (Å²) in [5.41, 5.74) is 1.71. The molecule has 0 saturated carbocycles. The van der Waals surface area contributed by atoms with Gasteiger partial charge in [-0.15, -0.1) is 0 Å². The van der Waals surface area contributed by atoms with Crippen LogP contribution in [0.4, 0.5) is 0 Å². The van der Waals surface area contributed by atoms with E-state index in [0.29, 0.717) is 12.3 Å². The molecule has 0 N–H and O–H groups in total. The lowest BCUT2D eigenvalue weighted by Gasteiger charge is -2.28. The molecule has 1 amide bonds. The first-order valence-corrected chi connectivity index (χ1v) is 14.1. The lowest BCUT2D eigenvalue weighted by molar-refractivity contribution is 0.0674. The standard InChI is InChI=1S/C21H26ClN3O5S2/c1-4-32(29,30)21-23-11-18(22)19(24-21)20(26)25(17-9-10-31(27,28)13-17)12-15-5-7-16(8-6-15)14(2)3/h5-8,11,14,17H,4,9-10,12-13H2,1-3H3/t17-/m0/s1. The van der Waals surface area contributed by atoms with Crippen LogP contribution in [0.15, 0.2) is 35.6 Å². The van der Waals surface area contributed by atoms with Gasteiger partial charge in [-0.1, -0.05) is 56.6 Å². The fourth-order valence-electron chi connectivity index (χ4n) is 3.51. The molecule has 3 rings (SSSR count). The number of rotatable bonds is 7. The van der Waals surface area contributed by atoms with Crippen molar-refractivity contribution in [1.82, 2.24) is 14.9 Å². The van der Waals surface area contributed by atoms with Gasteiger partial charge in [-0.05, 0) is 23.5 Å². The first kappa shape index (κ1) is 24.6. The van der Waals surface area contributed by atoms with E-state index < -0.39 is 36.8 Å². The predicted molar refractivity (Wildman–Crippen MR) is 122 cm³/mol. The minimum Gasteiger partial charge on any atom is -0.329 e. The normalized spacial score (nSPS) is 18.1. The topological polar surface area (TPSA) is 114 Å². The van der Waals surface area contributed by atoms with Gasteiger partial charge in [0.15, 0.2) is 15.5 Å². The number of carbonyl (C=O) groups excluding carboxylic acids is 1. The average molecular weight is 500 g/mol. The highest BCUT2D eigenvalue weighted by atomic mass is 35.5. The molecule has 2 heterocycles. The third-order valence-electron chi connectivity index (χ3n) is 5.49. The maximum atomic E-state index is 13.5. The highest BCUT2D eigenvalue weighted by Crippen LogP contribution is 2.25. The SMILES string of the molecule is CCS(=O)(=O)c1ncc(Cl)c(C(=O)N(Cc2ccc(C(C)C)cc2)[C@H]2CCS(=O)(=O)C2)n1. The molecule has 8 nitrogen and oxygen atoms in total. The molecule has 0 aliphatic carbocycles. The Labute approximate surface area is 193 Å². The minimum atomic E-state index is -3.75. The number of benzene rings is 1. The molecule has 174 valence electrons. The quantitative estimate of drug-likeness (QED) is 0.538. The highest BCUT2D eigenvalue weighted by Gasteiger charge is 2.36. The van der Waals surface area contributed by atoms with Crippen LogP contribution in [0.3, 0.4) is 0 Å².